The van der Waals surface area contributed by atoms with E-state index in [-0.39, 0.29) is 36.3 Å². The molecular formula is C18H29F2IN4O3S. The minimum atomic E-state index is -3.13. The molecule has 1 heterocycles. The number of hydrogen-bond acceptors (Lipinski definition) is 4. The van der Waals surface area contributed by atoms with Gasteiger partial charge in [0, 0.05) is 31.7 Å². The summed E-state index contributed by atoms with van der Waals surface area (Å²) in [5, 5.41) is 6.39. The Bertz CT molecular complexity index is 757. The third kappa shape index (κ3) is 8.99. The normalized spacial score (nSPS) is 16.4. The predicted octanol–water partition coefficient (Wildman–Crippen LogP) is 2.63. The first-order chi connectivity index (χ1) is 13.3. The van der Waals surface area contributed by atoms with Crippen molar-refractivity contribution in [3.05, 3.63) is 29.8 Å². The summed E-state index contributed by atoms with van der Waals surface area (Å²) in [5.41, 5.74) is 0.571. The molecule has 1 aromatic carbocycles. The van der Waals surface area contributed by atoms with Gasteiger partial charge in [-0.2, -0.15) is 8.78 Å². The van der Waals surface area contributed by atoms with Crippen molar-refractivity contribution in [1.29, 1.82) is 0 Å². The van der Waals surface area contributed by atoms with Crippen molar-refractivity contribution in [3.8, 4) is 5.75 Å². The standard InChI is InChI=1S/C18H28F2N4O3S.HI/c1-3-21-18(22-12-14-8-10-24(11-9-14)28(2,25)26)23-13-15-6-4-5-7-16(15)27-17(19)20;/h4-7,14,17H,3,8-13H2,1-2H3,(H2,21,22,23);1H. The molecule has 1 aliphatic heterocycles. The summed E-state index contributed by atoms with van der Waals surface area (Å²) in [4.78, 5) is 4.45. The number of benzene rings is 1. The Morgan fingerprint density at radius 1 is 1.28 bits per heavy atom. The van der Waals surface area contributed by atoms with Crippen LogP contribution in [0.1, 0.15) is 25.3 Å². The molecule has 0 unspecified atom stereocenters. The first kappa shape index (κ1) is 25.8. The lowest BCUT2D eigenvalue weighted by Crippen LogP contribution is -2.44. The molecule has 1 fully saturated rings. The Hall–Kier alpha value is -1.21. The summed E-state index contributed by atoms with van der Waals surface area (Å²) in [6, 6.07) is 6.58. The van der Waals surface area contributed by atoms with Crippen LogP contribution in [0, 0.1) is 5.92 Å². The van der Waals surface area contributed by atoms with Crippen LogP contribution in [0.15, 0.2) is 29.3 Å². The SMILES string of the molecule is CCNC(=NCc1ccccc1OC(F)F)NCC1CCN(S(C)(=O)=O)CC1.I. The Morgan fingerprint density at radius 3 is 2.52 bits per heavy atom. The molecule has 0 aromatic heterocycles. The van der Waals surface area contributed by atoms with E-state index >= 15 is 0 Å². The Balaban J connectivity index is 0.00000420. The van der Waals surface area contributed by atoms with Gasteiger partial charge in [-0.1, -0.05) is 18.2 Å². The zero-order chi connectivity index (χ0) is 20.6. The molecule has 0 spiro atoms. The van der Waals surface area contributed by atoms with Crippen LogP contribution in [0.5, 0.6) is 5.75 Å². The minimum absolute atomic E-state index is 0. The number of rotatable bonds is 8. The Morgan fingerprint density at radius 2 is 1.93 bits per heavy atom. The molecule has 166 valence electrons. The smallest absolute Gasteiger partial charge is 0.387 e. The Labute approximate surface area is 188 Å². The summed E-state index contributed by atoms with van der Waals surface area (Å²) in [6.45, 7) is 1.63. The van der Waals surface area contributed by atoms with Crippen LogP contribution in [0.4, 0.5) is 8.78 Å². The van der Waals surface area contributed by atoms with E-state index in [1.807, 2.05) is 6.92 Å². The van der Waals surface area contributed by atoms with Crippen LogP contribution in [0.2, 0.25) is 0 Å². The molecule has 29 heavy (non-hydrogen) atoms. The second-order valence-electron chi connectivity index (χ2n) is 6.67. The van der Waals surface area contributed by atoms with E-state index in [4.69, 9.17) is 0 Å². The van der Waals surface area contributed by atoms with Gasteiger partial charge in [0.1, 0.15) is 5.75 Å². The summed E-state index contributed by atoms with van der Waals surface area (Å²) < 4.78 is 54.2. The highest BCUT2D eigenvalue weighted by atomic mass is 127. The van der Waals surface area contributed by atoms with Crippen molar-refractivity contribution in [2.75, 3.05) is 32.4 Å². The van der Waals surface area contributed by atoms with Gasteiger partial charge in [-0.3, -0.25) is 0 Å². The number of piperidine rings is 1. The van der Waals surface area contributed by atoms with Crippen LogP contribution in [-0.2, 0) is 16.6 Å². The highest BCUT2D eigenvalue weighted by molar-refractivity contribution is 14.0. The van der Waals surface area contributed by atoms with Gasteiger partial charge >= 0.3 is 6.61 Å². The first-order valence-corrected chi connectivity index (χ1v) is 11.1. The van der Waals surface area contributed by atoms with Crippen molar-refractivity contribution < 1.29 is 21.9 Å². The summed E-state index contributed by atoms with van der Waals surface area (Å²) in [6.07, 6.45) is 2.80. The number of hydrogen-bond donors (Lipinski definition) is 2. The van der Waals surface area contributed by atoms with Gasteiger partial charge in [0.25, 0.3) is 0 Å². The molecule has 2 N–H and O–H groups in total. The van der Waals surface area contributed by atoms with E-state index < -0.39 is 16.6 Å². The third-order valence-electron chi connectivity index (χ3n) is 4.54. The van der Waals surface area contributed by atoms with E-state index in [2.05, 4.69) is 20.4 Å². The molecule has 0 saturated carbocycles. The number of ether oxygens (including phenoxy) is 1. The summed E-state index contributed by atoms with van der Waals surface area (Å²) in [5.74, 6) is 1.04. The molecule has 0 aliphatic carbocycles. The maximum absolute atomic E-state index is 12.5. The number of nitrogens with one attached hydrogen (secondary N) is 2. The molecule has 0 bridgehead atoms. The average Bonchev–Trinajstić information content (AvgIpc) is 2.64. The highest BCUT2D eigenvalue weighted by Gasteiger charge is 2.24. The van der Waals surface area contributed by atoms with Gasteiger partial charge in [0.15, 0.2) is 5.96 Å². The molecule has 11 heteroatoms. The number of sulfonamides is 1. The highest BCUT2D eigenvalue weighted by Crippen LogP contribution is 2.21. The van der Waals surface area contributed by atoms with Gasteiger partial charge in [0.2, 0.25) is 10.0 Å². The number of guanidine groups is 1. The summed E-state index contributed by atoms with van der Waals surface area (Å²) >= 11 is 0. The third-order valence-corrected chi connectivity index (χ3v) is 5.84. The molecule has 0 amide bonds. The monoisotopic (exact) mass is 546 g/mol. The summed E-state index contributed by atoms with van der Waals surface area (Å²) in [7, 11) is -3.13. The molecule has 0 radical (unpaired) electrons. The van der Waals surface area contributed by atoms with E-state index in [0.717, 1.165) is 12.8 Å². The quantitative estimate of drug-likeness (QED) is 0.298. The second kappa shape index (κ2) is 12.5. The molecular weight excluding hydrogens is 517 g/mol. The van der Waals surface area contributed by atoms with E-state index in [9.17, 15) is 17.2 Å². The molecule has 2 rings (SSSR count). The number of aliphatic imine (C=N–C) groups is 1. The van der Waals surface area contributed by atoms with Crippen LogP contribution >= 0.6 is 24.0 Å². The molecule has 1 aliphatic rings. The largest absolute Gasteiger partial charge is 0.434 e. The van der Waals surface area contributed by atoms with Gasteiger partial charge in [-0.25, -0.2) is 17.7 Å². The van der Waals surface area contributed by atoms with Crippen LogP contribution in [0.3, 0.4) is 0 Å². The predicted molar refractivity (Wildman–Crippen MR) is 120 cm³/mol. The fourth-order valence-electron chi connectivity index (χ4n) is 3.04. The Kier molecular flexibility index (Phi) is 11.1. The first-order valence-electron chi connectivity index (χ1n) is 9.29. The number of alkyl halides is 2. The lowest BCUT2D eigenvalue weighted by Gasteiger charge is -2.30. The second-order valence-corrected chi connectivity index (χ2v) is 8.65. The van der Waals surface area contributed by atoms with Crippen molar-refractivity contribution in [2.24, 2.45) is 10.9 Å². The van der Waals surface area contributed by atoms with Gasteiger partial charge < -0.3 is 15.4 Å². The van der Waals surface area contributed by atoms with Crippen molar-refractivity contribution >= 4 is 40.0 Å². The van der Waals surface area contributed by atoms with Crippen molar-refractivity contribution in [3.63, 3.8) is 0 Å². The zero-order valence-electron chi connectivity index (χ0n) is 16.6. The van der Waals surface area contributed by atoms with E-state index in [1.165, 1.54) is 16.6 Å². The minimum Gasteiger partial charge on any atom is -0.434 e. The van der Waals surface area contributed by atoms with Gasteiger partial charge in [0.05, 0.1) is 12.8 Å². The maximum atomic E-state index is 12.5. The maximum Gasteiger partial charge on any atom is 0.387 e. The van der Waals surface area contributed by atoms with Crippen LogP contribution in [0.25, 0.3) is 0 Å². The fraction of sp³-hybridized carbons (Fsp3) is 0.611. The van der Waals surface area contributed by atoms with Crippen molar-refractivity contribution in [1.82, 2.24) is 14.9 Å². The van der Waals surface area contributed by atoms with E-state index in [0.29, 0.717) is 43.6 Å². The number of halogens is 3. The van der Waals surface area contributed by atoms with Gasteiger partial charge in [-0.05, 0) is 31.7 Å². The average molecular weight is 546 g/mol. The topological polar surface area (TPSA) is 83.0 Å². The molecule has 0 atom stereocenters. The number of para-hydroxylation sites is 1. The van der Waals surface area contributed by atoms with E-state index in [1.54, 1.807) is 18.2 Å². The van der Waals surface area contributed by atoms with Gasteiger partial charge in [-0.15, -0.1) is 24.0 Å². The number of nitrogens with zero attached hydrogens (tertiary/aromatic N) is 2. The van der Waals surface area contributed by atoms with Crippen molar-refractivity contribution in [2.45, 2.75) is 32.9 Å². The van der Waals surface area contributed by atoms with Crippen LogP contribution in [-0.4, -0.2) is 57.7 Å². The lowest BCUT2D eigenvalue weighted by molar-refractivity contribution is -0.0504. The van der Waals surface area contributed by atoms with Crippen LogP contribution < -0.4 is 15.4 Å². The zero-order valence-corrected chi connectivity index (χ0v) is 19.8. The lowest BCUT2D eigenvalue weighted by atomic mass is 9.98. The fourth-order valence-corrected chi connectivity index (χ4v) is 3.91. The molecule has 1 aromatic rings. The molecule has 7 nitrogen and oxygen atoms in total. The molecule has 1 saturated heterocycles.